The lowest BCUT2D eigenvalue weighted by Gasteiger charge is -2.18. The highest BCUT2D eigenvalue weighted by atomic mass is 32.1. The smallest absolute Gasteiger partial charge is 0.126 e. The Morgan fingerprint density at radius 1 is 0.610 bits per heavy atom. The molecule has 41 heavy (non-hydrogen) atoms. The predicted octanol–water partition coefficient (Wildman–Crippen LogP) is 12.1. The standard InChI is InChI=1S/C38H58O2S/c1-4-7-9-11-13-15-17-22-29-39-36-31-33(27-28-38(41)34-25-20-19-21-26-34)32-37(35(36)24-6-3)40-30-23-18-16-14-12-10-8-5-2/h19-21,25-28,31-32H,4-18,22-24,29-30H2,1-3H3. The molecule has 0 amide bonds. The Bertz CT molecular complexity index is 922. The van der Waals surface area contributed by atoms with Gasteiger partial charge in [-0.05, 0) is 48.6 Å². The molecule has 0 bridgehead atoms. The normalized spacial score (nSPS) is 11.3. The fourth-order valence-electron chi connectivity index (χ4n) is 5.20. The summed E-state index contributed by atoms with van der Waals surface area (Å²) < 4.78 is 12.9. The SMILES string of the molecule is CCCCCCCCCCOc1cc(C=CC(=S)c2ccccc2)cc(OCCCCCCCCCC)c1CCC. The zero-order valence-electron chi connectivity index (χ0n) is 26.6. The van der Waals surface area contributed by atoms with Crippen LogP contribution in [0.3, 0.4) is 0 Å². The van der Waals surface area contributed by atoms with Crippen molar-refractivity contribution in [2.24, 2.45) is 0 Å². The van der Waals surface area contributed by atoms with Crippen molar-refractivity contribution in [2.75, 3.05) is 13.2 Å². The first-order valence-corrected chi connectivity index (χ1v) is 17.3. The van der Waals surface area contributed by atoms with Crippen molar-refractivity contribution >= 4 is 23.2 Å². The number of ether oxygens (including phenoxy) is 2. The highest BCUT2D eigenvalue weighted by Crippen LogP contribution is 2.33. The van der Waals surface area contributed by atoms with Gasteiger partial charge in [0.25, 0.3) is 0 Å². The Morgan fingerprint density at radius 3 is 1.54 bits per heavy atom. The molecule has 0 aliphatic carbocycles. The van der Waals surface area contributed by atoms with Gasteiger partial charge in [0, 0.05) is 10.4 Å². The highest BCUT2D eigenvalue weighted by molar-refractivity contribution is 7.81. The van der Waals surface area contributed by atoms with Crippen molar-refractivity contribution < 1.29 is 9.47 Å². The lowest BCUT2D eigenvalue weighted by atomic mass is 10.0. The number of hydrogen-bond acceptors (Lipinski definition) is 3. The minimum absolute atomic E-state index is 0.763. The van der Waals surface area contributed by atoms with Crippen LogP contribution in [0.25, 0.3) is 6.08 Å². The van der Waals surface area contributed by atoms with Gasteiger partial charge in [-0.1, -0.05) is 166 Å². The molecular formula is C38H58O2S. The van der Waals surface area contributed by atoms with Crippen LogP contribution in [0.15, 0.2) is 48.5 Å². The second kappa shape index (κ2) is 23.4. The predicted molar refractivity (Wildman–Crippen MR) is 184 cm³/mol. The summed E-state index contributed by atoms with van der Waals surface area (Å²) in [7, 11) is 0. The van der Waals surface area contributed by atoms with Gasteiger partial charge in [0.05, 0.1) is 13.2 Å². The second-order valence-electron chi connectivity index (χ2n) is 11.5. The van der Waals surface area contributed by atoms with E-state index in [1.165, 1.54) is 95.5 Å². The molecule has 0 aliphatic rings. The first-order chi connectivity index (χ1) is 20.2. The maximum atomic E-state index is 6.45. The average molecular weight is 579 g/mol. The van der Waals surface area contributed by atoms with Gasteiger partial charge in [-0.25, -0.2) is 0 Å². The van der Waals surface area contributed by atoms with E-state index in [1.54, 1.807) is 0 Å². The van der Waals surface area contributed by atoms with Gasteiger partial charge >= 0.3 is 0 Å². The van der Waals surface area contributed by atoms with E-state index in [2.05, 4.69) is 51.1 Å². The summed E-state index contributed by atoms with van der Waals surface area (Å²) in [6.07, 6.45) is 27.0. The molecule has 0 atom stereocenters. The molecule has 2 aromatic rings. The summed E-state index contributed by atoms with van der Waals surface area (Å²) in [6, 6.07) is 14.6. The molecule has 3 heteroatoms. The number of hydrogen-bond donors (Lipinski definition) is 0. The molecule has 2 nitrogen and oxygen atoms in total. The average Bonchev–Trinajstić information content (AvgIpc) is 3.00. The summed E-state index contributed by atoms with van der Waals surface area (Å²) in [5.41, 5.74) is 3.37. The first-order valence-electron chi connectivity index (χ1n) is 16.9. The van der Waals surface area contributed by atoms with E-state index in [4.69, 9.17) is 21.7 Å². The van der Waals surface area contributed by atoms with E-state index < -0.39 is 0 Å². The molecule has 0 fully saturated rings. The van der Waals surface area contributed by atoms with Crippen LogP contribution >= 0.6 is 12.2 Å². The fourth-order valence-corrected chi connectivity index (χ4v) is 5.40. The molecule has 0 spiro atoms. The van der Waals surface area contributed by atoms with Crippen molar-refractivity contribution in [1.82, 2.24) is 0 Å². The van der Waals surface area contributed by atoms with Gasteiger partial charge in [-0.15, -0.1) is 0 Å². The number of unbranched alkanes of at least 4 members (excludes halogenated alkanes) is 14. The van der Waals surface area contributed by atoms with Crippen molar-refractivity contribution in [1.29, 1.82) is 0 Å². The third-order valence-electron chi connectivity index (χ3n) is 7.69. The number of thiocarbonyl (C=S) groups is 1. The fraction of sp³-hybridized carbons (Fsp3) is 0.605. The summed E-state index contributed by atoms with van der Waals surface area (Å²) in [5.74, 6) is 1.96. The molecule has 2 aromatic carbocycles. The van der Waals surface area contributed by atoms with E-state index in [9.17, 15) is 0 Å². The van der Waals surface area contributed by atoms with Gasteiger partial charge in [0.15, 0.2) is 0 Å². The van der Waals surface area contributed by atoms with E-state index in [1.807, 2.05) is 24.3 Å². The lowest BCUT2D eigenvalue weighted by molar-refractivity contribution is 0.284. The van der Waals surface area contributed by atoms with Gasteiger partial charge in [0.1, 0.15) is 11.5 Å². The summed E-state index contributed by atoms with van der Waals surface area (Å²) in [5, 5.41) is 0. The van der Waals surface area contributed by atoms with E-state index in [0.29, 0.717) is 0 Å². The van der Waals surface area contributed by atoms with Crippen LogP contribution in [0.5, 0.6) is 11.5 Å². The molecule has 0 saturated heterocycles. The molecule has 228 valence electrons. The van der Waals surface area contributed by atoms with E-state index >= 15 is 0 Å². The summed E-state index contributed by atoms with van der Waals surface area (Å²) >= 11 is 5.69. The number of rotatable bonds is 25. The van der Waals surface area contributed by atoms with Crippen molar-refractivity contribution in [3.8, 4) is 11.5 Å². The Morgan fingerprint density at radius 2 is 1.07 bits per heavy atom. The highest BCUT2D eigenvalue weighted by Gasteiger charge is 2.13. The van der Waals surface area contributed by atoms with Crippen LogP contribution in [0, 0.1) is 0 Å². The maximum Gasteiger partial charge on any atom is 0.126 e. The van der Waals surface area contributed by atoms with Crippen LogP contribution in [0.2, 0.25) is 0 Å². The Kier molecular flexibility index (Phi) is 20.0. The Labute approximate surface area is 258 Å². The molecular weight excluding hydrogens is 520 g/mol. The van der Waals surface area contributed by atoms with E-state index in [0.717, 1.165) is 66.4 Å². The third-order valence-corrected chi connectivity index (χ3v) is 8.06. The quantitative estimate of drug-likeness (QED) is 0.0505. The first kappa shape index (κ1) is 35.1. The van der Waals surface area contributed by atoms with Crippen molar-refractivity contribution in [3.63, 3.8) is 0 Å². The lowest BCUT2D eigenvalue weighted by Crippen LogP contribution is -2.05. The second-order valence-corrected chi connectivity index (χ2v) is 11.9. The van der Waals surface area contributed by atoms with Gasteiger partial charge in [0.2, 0.25) is 0 Å². The summed E-state index contributed by atoms with van der Waals surface area (Å²) in [6.45, 7) is 8.31. The monoisotopic (exact) mass is 578 g/mol. The molecule has 0 heterocycles. The van der Waals surface area contributed by atoms with Crippen LogP contribution in [0.4, 0.5) is 0 Å². The zero-order chi connectivity index (χ0) is 29.4. The van der Waals surface area contributed by atoms with E-state index in [-0.39, 0.29) is 0 Å². The molecule has 0 aromatic heterocycles. The molecule has 0 aliphatic heterocycles. The number of allylic oxidation sites excluding steroid dienone is 1. The molecule has 0 N–H and O–H groups in total. The largest absolute Gasteiger partial charge is 0.493 e. The van der Waals surface area contributed by atoms with Crippen LogP contribution in [-0.4, -0.2) is 18.1 Å². The third kappa shape index (κ3) is 15.6. The minimum atomic E-state index is 0.763. The zero-order valence-corrected chi connectivity index (χ0v) is 27.4. The Hall–Kier alpha value is -2.13. The Balaban J connectivity index is 2.03. The molecule has 2 rings (SSSR count). The molecule has 0 radical (unpaired) electrons. The minimum Gasteiger partial charge on any atom is -0.493 e. The van der Waals surface area contributed by atoms with Gasteiger partial charge < -0.3 is 9.47 Å². The topological polar surface area (TPSA) is 18.5 Å². The van der Waals surface area contributed by atoms with Crippen molar-refractivity contribution in [3.05, 3.63) is 65.2 Å². The maximum absolute atomic E-state index is 6.45. The molecule has 0 unspecified atom stereocenters. The van der Waals surface area contributed by atoms with Crippen LogP contribution < -0.4 is 9.47 Å². The van der Waals surface area contributed by atoms with Crippen LogP contribution in [-0.2, 0) is 6.42 Å². The summed E-state index contributed by atoms with van der Waals surface area (Å²) in [4.78, 5) is 0.839. The number of benzene rings is 2. The van der Waals surface area contributed by atoms with Gasteiger partial charge in [-0.2, -0.15) is 0 Å². The van der Waals surface area contributed by atoms with Gasteiger partial charge in [-0.3, -0.25) is 0 Å². The van der Waals surface area contributed by atoms with Crippen molar-refractivity contribution in [2.45, 2.75) is 136 Å². The van der Waals surface area contributed by atoms with Crippen LogP contribution in [0.1, 0.15) is 147 Å². The molecule has 0 saturated carbocycles.